The molecule has 2 heterocycles. The quantitative estimate of drug-likeness (QED) is 0.692. The lowest BCUT2D eigenvalue weighted by Gasteiger charge is -2.22. The summed E-state index contributed by atoms with van der Waals surface area (Å²) < 4.78 is 5.93. The highest BCUT2D eigenvalue weighted by Gasteiger charge is 2.19. The van der Waals surface area contributed by atoms with Crippen molar-refractivity contribution in [3.63, 3.8) is 0 Å². The Kier molecular flexibility index (Phi) is 5.13. The number of carbonyl (C=O) groups excluding carboxylic acids is 1. The van der Waals surface area contributed by atoms with Gasteiger partial charge in [0.15, 0.2) is 0 Å². The van der Waals surface area contributed by atoms with Crippen molar-refractivity contribution in [1.82, 2.24) is 10.2 Å². The monoisotopic (exact) mass is 340 g/mol. The molecule has 0 aliphatic rings. The predicted molar refractivity (Wildman–Crippen MR) is 99.0 cm³/mol. The van der Waals surface area contributed by atoms with Crippen molar-refractivity contribution in [2.75, 3.05) is 20.6 Å². The first kappa shape index (κ1) is 16.5. The van der Waals surface area contributed by atoms with E-state index in [0.717, 1.165) is 21.6 Å². The lowest BCUT2D eigenvalue weighted by Crippen LogP contribution is -2.33. The molecule has 24 heavy (non-hydrogen) atoms. The van der Waals surface area contributed by atoms with Gasteiger partial charge in [0.2, 0.25) is 5.91 Å². The van der Waals surface area contributed by atoms with Gasteiger partial charge in [0.05, 0.1) is 6.04 Å². The molecular formula is C19H20N2O2S. The lowest BCUT2D eigenvalue weighted by molar-refractivity contribution is -0.116. The number of para-hydroxylation sites is 1. The van der Waals surface area contributed by atoms with E-state index in [0.29, 0.717) is 6.54 Å². The Labute approximate surface area is 145 Å². The second-order valence-corrected chi connectivity index (χ2v) is 6.74. The number of rotatable bonds is 6. The second kappa shape index (κ2) is 7.47. The van der Waals surface area contributed by atoms with E-state index < -0.39 is 0 Å². The summed E-state index contributed by atoms with van der Waals surface area (Å²) >= 11 is 1.60. The summed E-state index contributed by atoms with van der Waals surface area (Å²) in [5.74, 6) is 0.745. The average molecular weight is 340 g/mol. The van der Waals surface area contributed by atoms with Crippen LogP contribution in [0.5, 0.6) is 0 Å². The minimum atomic E-state index is -0.105. The molecule has 124 valence electrons. The Bertz CT molecular complexity index is 801. The number of likely N-dealkylation sites (N-methyl/N-ethyl adjacent to an activating group) is 1. The van der Waals surface area contributed by atoms with Crippen LogP contribution in [-0.2, 0) is 4.79 Å². The normalized spacial score (nSPS) is 13.0. The van der Waals surface area contributed by atoms with Crippen LogP contribution in [0.15, 0.2) is 58.3 Å². The zero-order valence-corrected chi connectivity index (χ0v) is 14.5. The van der Waals surface area contributed by atoms with Crippen LogP contribution in [0, 0.1) is 0 Å². The highest BCUT2D eigenvalue weighted by Crippen LogP contribution is 2.26. The van der Waals surface area contributed by atoms with Crippen molar-refractivity contribution in [2.24, 2.45) is 0 Å². The number of hydrogen-bond acceptors (Lipinski definition) is 4. The molecule has 1 N–H and O–H groups in total. The number of amides is 1. The van der Waals surface area contributed by atoms with Gasteiger partial charge in [-0.25, -0.2) is 0 Å². The molecule has 1 amide bonds. The van der Waals surface area contributed by atoms with E-state index in [1.807, 2.05) is 72.9 Å². The standard InChI is InChI=1S/C19H20N2O2S/c1-21(2)16(18-12-14-6-3-4-8-17(14)23-18)13-20-19(22)10-9-15-7-5-11-24-15/h3-12,16H,13H2,1-2H3,(H,20,22)/b10-9+/t16-/m0/s1. The molecule has 3 aromatic rings. The molecule has 2 aromatic heterocycles. The van der Waals surface area contributed by atoms with E-state index >= 15 is 0 Å². The molecule has 0 spiro atoms. The molecule has 0 unspecified atom stereocenters. The van der Waals surface area contributed by atoms with Crippen LogP contribution in [0.3, 0.4) is 0 Å². The molecule has 0 bridgehead atoms. The van der Waals surface area contributed by atoms with Gasteiger partial charge in [0, 0.05) is 22.9 Å². The molecule has 4 nitrogen and oxygen atoms in total. The molecule has 0 fully saturated rings. The zero-order valence-electron chi connectivity index (χ0n) is 13.7. The van der Waals surface area contributed by atoms with Crippen LogP contribution >= 0.6 is 11.3 Å². The number of fused-ring (bicyclic) bond motifs is 1. The van der Waals surface area contributed by atoms with E-state index in [4.69, 9.17) is 4.42 Å². The highest BCUT2D eigenvalue weighted by atomic mass is 32.1. The number of benzene rings is 1. The number of nitrogens with zero attached hydrogens (tertiary/aromatic N) is 1. The minimum absolute atomic E-state index is 0.0171. The van der Waals surface area contributed by atoms with Gasteiger partial charge < -0.3 is 9.73 Å². The van der Waals surface area contributed by atoms with Crippen LogP contribution in [0.1, 0.15) is 16.7 Å². The summed E-state index contributed by atoms with van der Waals surface area (Å²) in [4.78, 5) is 15.1. The molecular weight excluding hydrogens is 320 g/mol. The van der Waals surface area contributed by atoms with Crippen LogP contribution in [0.4, 0.5) is 0 Å². The number of carbonyl (C=O) groups is 1. The van der Waals surface area contributed by atoms with Crippen molar-refractivity contribution in [2.45, 2.75) is 6.04 Å². The zero-order chi connectivity index (χ0) is 16.9. The molecule has 3 rings (SSSR count). The number of furan rings is 1. The third-order valence-corrected chi connectivity index (χ3v) is 4.65. The summed E-state index contributed by atoms with van der Waals surface area (Å²) in [5, 5.41) is 6.01. The fourth-order valence-corrected chi connectivity index (χ4v) is 3.12. The molecule has 1 aromatic carbocycles. The molecule has 1 atom stereocenters. The maximum Gasteiger partial charge on any atom is 0.244 e. The topological polar surface area (TPSA) is 45.5 Å². The fraction of sp³-hybridized carbons (Fsp3) is 0.211. The van der Waals surface area contributed by atoms with E-state index in [-0.39, 0.29) is 11.9 Å². The van der Waals surface area contributed by atoms with Gasteiger partial charge in [-0.05, 0) is 43.8 Å². The average Bonchev–Trinajstić information content (AvgIpc) is 3.22. The summed E-state index contributed by atoms with van der Waals surface area (Å²) in [6.07, 6.45) is 3.39. The first-order chi connectivity index (χ1) is 11.6. The summed E-state index contributed by atoms with van der Waals surface area (Å²) in [6, 6.07) is 13.9. The van der Waals surface area contributed by atoms with Gasteiger partial charge in [-0.15, -0.1) is 11.3 Å². The van der Waals surface area contributed by atoms with Crippen LogP contribution in [0.25, 0.3) is 17.0 Å². The van der Waals surface area contributed by atoms with E-state index in [1.54, 1.807) is 17.4 Å². The summed E-state index contributed by atoms with van der Waals surface area (Å²) in [5.41, 5.74) is 0.864. The first-order valence-electron chi connectivity index (χ1n) is 7.78. The molecule has 5 heteroatoms. The Balaban J connectivity index is 1.67. The Hall–Kier alpha value is -2.37. The molecule has 0 aliphatic heterocycles. The van der Waals surface area contributed by atoms with Crippen LogP contribution in [0.2, 0.25) is 0 Å². The van der Waals surface area contributed by atoms with E-state index in [2.05, 4.69) is 5.32 Å². The SMILES string of the molecule is CN(C)[C@@H](CNC(=O)/C=C/c1cccs1)c1cc2ccccc2o1. The first-order valence-corrected chi connectivity index (χ1v) is 8.66. The van der Waals surface area contributed by atoms with Gasteiger partial charge in [0.1, 0.15) is 11.3 Å². The molecule has 0 saturated heterocycles. The van der Waals surface area contributed by atoms with Crippen molar-refractivity contribution in [3.8, 4) is 0 Å². The number of nitrogens with one attached hydrogen (secondary N) is 1. The van der Waals surface area contributed by atoms with E-state index in [1.165, 1.54) is 0 Å². The van der Waals surface area contributed by atoms with Gasteiger partial charge in [-0.3, -0.25) is 9.69 Å². The van der Waals surface area contributed by atoms with Crippen LogP contribution in [-0.4, -0.2) is 31.4 Å². The molecule has 0 radical (unpaired) electrons. The Morgan fingerprint density at radius 2 is 2.12 bits per heavy atom. The fourth-order valence-electron chi connectivity index (χ4n) is 2.50. The largest absolute Gasteiger partial charge is 0.459 e. The lowest BCUT2D eigenvalue weighted by atomic mass is 10.2. The highest BCUT2D eigenvalue weighted by molar-refractivity contribution is 7.10. The van der Waals surface area contributed by atoms with Crippen LogP contribution < -0.4 is 5.32 Å². The Morgan fingerprint density at radius 1 is 1.29 bits per heavy atom. The summed E-state index contributed by atoms with van der Waals surface area (Å²) in [6.45, 7) is 0.487. The summed E-state index contributed by atoms with van der Waals surface area (Å²) in [7, 11) is 3.96. The smallest absolute Gasteiger partial charge is 0.244 e. The molecule has 0 saturated carbocycles. The van der Waals surface area contributed by atoms with Crippen molar-refractivity contribution in [1.29, 1.82) is 0 Å². The second-order valence-electron chi connectivity index (χ2n) is 5.76. The van der Waals surface area contributed by atoms with Crippen molar-refractivity contribution >= 4 is 34.3 Å². The predicted octanol–water partition coefficient (Wildman–Crippen LogP) is 3.93. The van der Waals surface area contributed by atoms with Gasteiger partial charge in [-0.2, -0.15) is 0 Å². The number of hydrogen-bond donors (Lipinski definition) is 1. The van der Waals surface area contributed by atoms with Gasteiger partial charge in [0.25, 0.3) is 0 Å². The minimum Gasteiger partial charge on any atom is -0.459 e. The van der Waals surface area contributed by atoms with E-state index in [9.17, 15) is 4.79 Å². The van der Waals surface area contributed by atoms with Gasteiger partial charge >= 0.3 is 0 Å². The van der Waals surface area contributed by atoms with Gasteiger partial charge in [-0.1, -0.05) is 24.3 Å². The third kappa shape index (κ3) is 3.93. The molecule has 0 aliphatic carbocycles. The maximum absolute atomic E-state index is 12.0. The van der Waals surface area contributed by atoms with Crippen molar-refractivity contribution < 1.29 is 9.21 Å². The maximum atomic E-state index is 12.0. The number of thiophene rings is 1. The Morgan fingerprint density at radius 3 is 2.83 bits per heavy atom. The third-order valence-electron chi connectivity index (χ3n) is 3.81. The van der Waals surface area contributed by atoms with Crippen molar-refractivity contribution in [3.05, 3.63) is 64.6 Å².